The highest BCUT2D eigenvalue weighted by Crippen LogP contribution is 2.46. The number of hydrogen-bond acceptors (Lipinski definition) is 3. The summed E-state index contributed by atoms with van der Waals surface area (Å²) in [5, 5.41) is 0. The molecule has 0 saturated carbocycles. The Morgan fingerprint density at radius 1 is 0.737 bits per heavy atom. The van der Waals surface area contributed by atoms with Crippen LogP contribution in [0.15, 0.2) is 0 Å². The van der Waals surface area contributed by atoms with Crippen LogP contribution in [0.1, 0.15) is 22.3 Å². The zero-order chi connectivity index (χ0) is 14.6. The first-order valence-electron chi connectivity index (χ1n) is 4.95. The monoisotopic (exact) mass is 300 g/mol. The minimum absolute atomic E-state index is 0.136. The van der Waals surface area contributed by atoms with Crippen LogP contribution in [-0.4, -0.2) is 8.75 Å². The van der Waals surface area contributed by atoms with Gasteiger partial charge in [-0.25, -0.2) is 0 Å². The number of aryl methyl sites for hydroxylation is 2. The van der Waals surface area contributed by atoms with Gasteiger partial charge >= 0.3 is 12.4 Å². The molecule has 0 unspecified atom stereocenters. The third-order valence-electron chi connectivity index (χ3n) is 2.77. The molecular weight excluding hydrogens is 294 g/mol. The topological polar surface area (TPSA) is 25.8 Å². The lowest BCUT2D eigenvalue weighted by Gasteiger charge is -2.20. The molecule has 2 aromatic rings. The smallest absolute Gasteiger partial charge is 0.173 e. The SMILES string of the molecule is Cc1c(C(F)(F)F)c(C(F)(F)F)c(C)c2nsnc12. The highest BCUT2D eigenvalue weighted by Gasteiger charge is 2.46. The van der Waals surface area contributed by atoms with Crippen molar-refractivity contribution in [3.05, 3.63) is 22.3 Å². The molecule has 0 saturated heterocycles. The van der Waals surface area contributed by atoms with Gasteiger partial charge in [0.05, 0.1) is 22.9 Å². The van der Waals surface area contributed by atoms with Crippen molar-refractivity contribution in [3.63, 3.8) is 0 Å². The quantitative estimate of drug-likeness (QED) is 0.676. The average Bonchev–Trinajstić information content (AvgIpc) is 2.68. The molecule has 2 rings (SSSR count). The number of hydrogen-bond donors (Lipinski definition) is 0. The van der Waals surface area contributed by atoms with E-state index in [1.165, 1.54) is 0 Å². The third kappa shape index (κ3) is 2.15. The molecule has 1 aromatic heterocycles. The lowest BCUT2D eigenvalue weighted by Crippen LogP contribution is -2.20. The minimum atomic E-state index is -5.10. The van der Waals surface area contributed by atoms with Crippen molar-refractivity contribution < 1.29 is 26.3 Å². The van der Waals surface area contributed by atoms with Gasteiger partial charge in [-0.1, -0.05) is 0 Å². The van der Waals surface area contributed by atoms with E-state index in [4.69, 9.17) is 0 Å². The first-order valence-corrected chi connectivity index (χ1v) is 5.68. The molecule has 1 heterocycles. The van der Waals surface area contributed by atoms with Gasteiger partial charge in [-0.2, -0.15) is 35.1 Å². The van der Waals surface area contributed by atoms with Crippen molar-refractivity contribution in [2.45, 2.75) is 26.2 Å². The number of halogens is 6. The van der Waals surface area contributed by atoms with Gasteiger partial charge in [0.25, 0.3) is 0 Å². The Hall–Kier alpha value is -1.38. The van der Waals surface area contributed by atoms with Crippen molar-refractivity contribution in [2.75, 3.05) is 0 Å². The van der Waals surface area contributed by atoms with Gasteiger partial charge in [-0.15, -0.1) is 0 Å². The molecule has 0 N–H and O–H groups in total. The number of benzene rings is 1. The lowest BCUT2D eigenvalue weighted by atomic mass is 9.94. The second-order valence-electron chi connectivity index (χ2n) is 3.96. The molecule has 0 amide bonds. The molecule has 0 aliphatic carbocycles. The number of nitrogens with zero attached hydrogens (tertiary/aromatic N) is 2. The molecule has 9 heteroatoms. The molecule has 0 aliphatic rings. The molecular formula is C10H6F6N2S. The molecule has 0 fully saturated rings. The Morgan fingerprint density at radius 2 is 1.05 bits per heavy atom. The van der Waals surface area contributed by atoms with E-state index >= 15 is 0 Å². The molecule has 0 spiro atoms. The van der Waals surface area contributed by atoms with Crippen molar-refractivity contribution in [2.24, 2.45) is 0 Å². The Labute approximate surface area is 107 Å². The Bertz CT molecular complexity index is 586. The predicted molar refractivity (Wildman–Crippen MR) is 56.9 cm³/mol. The Morgan fingerprint density at radius 3 is 1.32 bits per heavy atom. The van der Waals surface area contributed by atoms with Gasteiger partial charge in [-0.3, -0.25) is 0 Å². The summed E-state index contributed by atoms with van der Waals surface area (Å²) in [5.41, 5.74) is -4.73. The summed E-state index contributed by atoms with van der Waals surface area (Å²) < 4.78 is 84.7. The van der Waals surface area contributed by atoms with Gasteiger partial charge in [-0.05, 0) is 25.0 Å². The normalized spacial score (nSPS) is 13.3. The second kappa shape index (κ2) is 4.06. The van der Waals surface area contributed by atoms with Crippen molar-refractivity contribution in [1.82, 2.24) is 8.75 Å². The van der Waals surface area contributed by atoms with E-state index in [1.807, 2.05) is 0 Å². The van der Waals surface area contributed by atoms with Crippen LogP contribution in [0.5, 0.6) is 0 Å². The maximum absolute atomic E-state index is 12.9. The fraction of sp³-hybridized carbons (Fsp3) is 0.400. The zero-order valence-corrected chi connectivity index (χ0v) is 10.4. The molecule has 0 aliphatic heterocycles. The highest BCUT2D eigenvalue weighted by molar-refractivity contribution is 7.00. The molecule has 0 atom stereocenters. The van der Waals surface area contributed by atoms with E-state index in [1.54, 1.807) is 0 Å². The zero-order valence-electron chi connectivity index (χ0n) is 9.57. The fourth-order valence-corrected chi connectivity index (χ4v) is 2.65. The third-order valence-corrected chi connectivity index (χ3v) is 3.29. The first-order chi connectivity index (χ1) is 8.55. The molecule has 0 radical (unpaired) electrons. The predicted octanol–water partition coefficient (Wildman–Crippen LogP) is 4.35. The van der Waals surface area contributed by atoms with Gasteiger partial charge in [0.1, 0.15) is 11.0 Å². The van der Waals surface area contributed by atoms with E-state index in [2.05, 4.69) is 8.75 Å². The molecule has 104 valence electrons. The van der Waals surface area contributed by atoms with Crippen LogP contribution in [-0.2, 0) is 12.4 Å². The Kier molecular flexibility index (Phi) is 3.00. The van der Waals surface area contributed by atoms with Gasteiger partial charge in [0, 0.05) is 0 Å². The van der Waals surface area contributed by atoms with Crippen LogP contribution in [0.3, 0.4) is 0 Å². The van der Waals surface area contributed by atoms with E-state index in [0.29, 0.717) is 11.7 Å². The van der Waals surface area contributed by atoms with E-state index in [-0.39, 0.29) is 11.0 Å². The lowest BCUT2D eigenvalue weighted by molar-refractivity contribution is -0.162. The summed E-state index contributed by atoms with van der Waals surface area (Å²) >= 11 is 0.585. The van der Waals surface area contributed by atoms with Crippen LogP contribution in [0.25, 0.3) is 11.0 Å². The van der Waals surface area contributed by atoms with Crippen LogP contribution in [0.2, 0.25) is 0 Å². The van der Waals surface area contributed by atoms with Crippen LogP contribution in [0.4, 0.5) is 26.3 Å². The van der Waals surface area contributed by atoms with Crippen LogP contribution < -0.4 is 0 Å². The van der Waals surface area contributed by atoms with E-state index in [0.717, 1.165) is 13.8 Å². The maximum Gasteiger partial charge on any atom is 0.417 e. The van der Waals surface area contributed by atoms with E-state index < -0.39 is 34.6 Å². The fourth-order valence-electron chi connectivity index (χ4n) is 2.00. The van der Waals surface area contributed by atoms with Gasteiger partial charge in [0.2, 0.25) is 0 Å². The first kappa shape index (κ1) is 14.0. The molecule has 2 nitrogen and oxygen atoms in total. The highest BCUT2D eigenvalue weighted by atomic mass is 32.1. The van der Waals surface area contributed by atoms with Gasteiger partial charge in [0.15, 0.2) is 0 Å². The standard InChI is InChI=1S/C10H6F6N2S/c1-3-5(9(11,12)13)6(10(14,15)16)4(2)8-7(3)17-19-18-8/h1-2H3. The van der Waals surface area contributed by atoms with Gasteiger partial charge < -0.3 is 0 Å². The summed E-state index contributed by atoms with van der Waals surface area (Å²) in [6.45, 7) is 1.95. The number of fused-ring (bicyclic) bond motifs is 1. The number of aromatic nitrogens is 2. The minimum Gasteiger partial charge on any atom is -0.173 e. The summed E-state index contributed by atoms with van der Waals surface area (Å²) in [7, 11) is 0. The second-order valence-corrected chi connectivity index (χ2v) is 4.49. The molecule has 0 bridgehead atoms. The summed E-state index contributed by atoms with van der Waals surface area (Å²) in [6.07, 6.45) is -10.2. The Balaban J connectivity index is 3.02. The number of rotatable bonds is 0. The number of alkyl halides is 6. The van der Waals surface area contributed by atoms with Crippen LogP contribution in [0, 0.1) is 13.8 Å². The molecule has 19 heavy (non-hydrogen) atoms. The van der Waals surface area contributed by atoms with Crippen molar-refractivity contribution in [1.29, 1.82) is 0 Å². The summed E-state index contributed by atoms with van der Waals surface area (Å²) in [6, 6.07) is 0. The molecule has 1 aromatic carbocycles. The average molecular weight is 300 g/mol. The maximum atomic E-state index is 12.9. The van der Waals surface area contributed by atoms with Crippen LogP contribution >= 0.6 is 11.7 Å². The largest absolute Gasteiger partial charge is 0.417 e. The summed E-state index contributed by atoms with van der Waals surface area (Å²) in [5.74, 6) is 0. The summed E-state index contributed by atoms with van der Waals surface area (Å²) in [4.78, 5) is 0. The van der Waals surface area contributed by atoms with E-state index in [9.17, 15) is 26.3 Å². The van der Waals surface area contributed by atoms with Crippen molar-refractivity contribution in [3.8, 4) is 0 Å². The van der Waals surface area contributed by atoms with Crippen molar-refractivity contribution >= 4 is 22.8 Å².